The zero-order chi connectivity index (χ0) is 23.1. The third kappa shape index (κ3) is 11.4. The van der Waals surface area contributed by atoms with Crippen molar-refractivity contribution in [1.82, 2.24) is 10.3 Å². The van der Waals surface area contributed by atoms with Crippen LogP contribution in [0.15, 0.2) is 42.6 Å². The summed E-state index contributed by atoms with van der Waals surface area (Å²) in [4.78, 5) is 24.4. The number of hydrogen-bond donors (Lipinski definition) is 2. The van der Waals surface area contributed by atoms with E-state index in [1.165, 1.54) is 38.6 Å². The zero-order valence-corrected chi connectivity index (χ0v) is 19.3. The Morgan fingerprint density at radius 3 is 2.42 bits per heavy atom. The van der Waals surface area contributed by atoms with Gasteiger partial charge in [-0.15, -0.1) is 0 Å². The quantitative estimate of drug-likeness (QED) is 0.487. The van der Waals surface area contributed by atoms with E-state index in [1.807, 2.05) is 18.2 Å². The fourth-order valence-corrected chi connectivity index (χ4v) is 2.94. The molecule has 1 saturated carbocycles. The first kappa shape index (κ1) is 26.4. The van der Waals surface area contributed by atoms with Gasteiger partial charge in [-0.25, -0.2) is 4.98 Å². The Balaban J connectivity index is 0.000000241. The van der Waals surface area contributed by atoms with Crippen LogP contribution in [-0.2, 0) is 14.3 Å². The Hall–Kier alpha value is -2.64. The van der Waals surface area contributed by atoms with E-state index in [0.717, 1.165) is 5.92 Å². The van der Waals surface area contributed by atoms with Gasteiger partial charge in [0.15, 0.2) is 0 Å². The molecule has 1 heterocycles. The van der Waals surface area contributed by atoms with Crippen LogP contribution >= 0.6 is 11.6 Å². The summed E-state index contributed by atoms with van der Waals surface area (Å²) in [5.74, 6) is 1.14. The first-order valence-electron chi connectivity index (χ1n) is 10.1. The average molecular weight is 450 g/mol. The second kappa shape index (κ2) is 15.2. The molecule has 0 bridgehead atoms. The number of nitrogens with one attached hydrogen (secondary N) is 2. The highest BCUT2D eigenvalue weighted by molar-refractivity contribution is 6.34. The van der Waals surface area contributed by atoms with Crippen LogP contribution in [0, 0.1) is 12.8 Å². The van der Waals surface area contributed by atoms with Gasteiger partial charge in [0.1, 0.15) is 5.02 Å². The van der Waals surface area contributed by atoms with Crippen LogP contribution in [0.3, 0.4) is 0 Å². The van der Waals surface area contributed by atoms with Gasteiger partial charge in [-0.2, -0.15) is 0 Å². The van der Waals surface area contributed by atoms with Crippen LogP contribution in [0.5, 0.6) is 5.88 Å². The van der Waals surface area contributed by atoms with Gasteiger partial charge in [-0.3, -0.25) is 9.59 Å². The molecule has 1 fully saturated rings. The number of hydrogen-bond acceptors (Lipinski definition) is 5. The molecule has 0 atom stereocenters. The van der Waals surface area contributed by atoms with E-state index < -0.39 is 0 Å². The van der Waals surface area contributed by atoms with E-state index in [4.69, 9.17) is 21.1 Å². The van der Waals surface area contributed by atoms with Gasteiger partial charge in [-0.05, 0) is 31.7 Å². The van der Waals surface area contributed by atoms with E-state index in [9.17, 15) is 9.59 Å². The summed E-state index contributed by atoms with van der Waals surface area (Å²) in [6, 6.07) is 11.8. The third-order valence-electron chi connectivity index (χ3n) is 4.37. The van der Waals surface area contributed by atoms with Crippen molar-refractivity contribution in [1.29, 1.82) is 0 Å². The number of ether oxygens (including phenoxy) is 2. The van der Waals surface area contributed by atoms with Crippen molar-refractivity contribution in [3.63, 3.8) is 0 Å². The largest absolute Gasteiger partial charge is 0.480 e. The molecule has 31 heavy (non-hydrogen) atoms. The van der Waals surface area contributed by atoms with Crippen molar-refractivity contribution in [3.05, 3.63) is 53.2 Å². The third-order valence-corrected chi connectivity index (χ3v) is 4.73. The minimum absolute atomic E-state index is 0.0144. The Morgan fingerprint density at radius 2 is 1.94 bits per heavy atom. The summed E-state index contributed by atoms with van der Waals surface area (Å²) in [6.07, 6.45) is 4.85. The molecule has 1 aliphatic carbocycles. The summed E-state index contributed by atoms with van der Waals surface area (Å²) in [7, 11) is 1.46. The molecule has 7 nitrogen and oxygen atoms in total. The van der Waals surface area contributed by atoms with Crippen LogP contribution in [0.4, 0.5) is 5.69 Å². The number of nitrogens with zero attached hydrogens (tertiary/aromatic N) is 1. The van der Waals surface area contributed by atoms with Crippen LogP contribution in [0.25, 0.3) is 0 Å². The molecule has 0 saturated heterocycles. The van der Waals surface area contributed by atoms with Crippen molar-refractivity contribution < 1.29 is 19.1 Å². The topological polar surface area (TPSA) is 89.6 Å². The van der Waals surface area contributed by atoms with Crippen LogP contribution < -0.4 is 15.4 Å². The lowest BCUT2D eigenvalue weighted by Gasteiger charge is -2.32. The van der Waals surface area contributed by atoms with Crippen molar-refractivity contribution in [2.24, 2.45) is 5.92 Å². The molecule has 8 heteroatoms. The Bertz CT molecular complexity index is 784. The summed E-state index contributed by atoms with van der Waals surface area (Å²) in [5, 5.41) is 5.41. The molecule has 1 aromatic heterocycles. The number of benzene rings is 1. The molecule has 170 valence electrons. The van der Waals surface area contributed by atoms with Crippen molar-refractivity contribution in [2.75, 3.05) is 25.6 Å². The lowest BCUT2D eigenvalue weighted by molar-refractivity contribution is -0.119. The van der Waals surface area contributed by atoms with Gasteiger partial charge >= 0.3 is 0 Å². The number of amides is 2. The maximum Gasteiger partial charge on any atom is 0.234 e. The van der Waals surface area contributed by atoms with E-state index >= 15 is 0 Å². The number of pyridine rings is 1. The summed E-state index contributed by atoms with van der Waals surface area (Å²) >= 11 is 5.78. The molecular formula is C23H32ClN3O4. The predicted molar refractivity (Wildman–Crippen MR) is 123 cm³/mol. The predicted octanol–water partition coefficient (Wildman–Crippen LogP) is 4.24. The van der Waals surface area contributed by atoms with E-state index in [2.05, 4.69) is 41.6 Å². The van der Waals surface area contributed by atoms with Gasteiger partial charge < -0.3 is 20.1 Å². The monoisotopic (exact) mass is 449 g/mol. The molecule has 2 aromatic rings. The zero-order valence-electron chi connectivity index (χ0n) is 18.6. The molecule has 0 unspecified atom stereocenters. The van der Waals surface area contributed by atoms with Gasteiger partial charge in [-0.1, -0.05) is 54.4 Å². The number of halogens is 1. The van der Waals surface area contributed by atoms with E-state index in [1.54, 1.807) is 6.07 Å². The fourth-order valence-electron chi connectivity index (χ4n) is 2.69. The normalized spacial score (nSPS) is 16.3. The Labute approximate surface area is 189 Å². The van der Waals surface area contributed by atoms with Gasteiger partial charge in [0.25, 0.3) is 0 Å². The van der Waals surface area contributed by atoms with E-state index in [-0.39, 0.29) is 5.91 Å². The summed E-state index contributed by atoms with van der Waals surface area (Å²) in [5.41, 5.74) is 1.81. The molecule has 2 N–H and O–H groups in total. The molecule has 3 rings (SSSR count). The second-order valence-electron chi connectivity index (χ2n) is 7.15. The van der Waals surface area contributed by atoms with Crippen molar-refractivity contribution in [3.8, 4) is 5.88 Å². The number of aromatic nitrogens is 1. The number of carbonyl (C=O) groups excluding carboxylic acids is 2. The maximum atomic E-state index is 10.5. The van der Waals surface area contributed by atoms with Gasteiger partial charge in [0.2, 0.25) is 18.2 Å². The first-order chi connectivity index (χ1) is 14.9. The SMILES string of the molecule is CC(=O)NCCOC1CC(C)C1.COc1nccc(NC=O)c1Cl.Cc1ccccc1. The fraction of sp³-hybridized carbons (Fsp3) is 0.435. The van der Waals surface area contributed by atoms with Crippen LogP contribution in [0.2, 0.25) is 5.02 Å². The lowest BCUT2D eigenvalue weighted by Crippen LogP contribution is -2.33. The minimum Gasteiger partial charge on any atom is -0.480 e. The lowest BCUT2D eigenvalue weighted by atomic mass is 9.84. The highest BCUT2D eigenvalue weighted by atomic mass is 35.5. The molecule has 1 aliphatic rings. The molecule has 0 aliphatic heterocycles. The van der Waals surface area contributed by atoms with Crippen molar-refractivity contribution in [2.45, 2.75) is 39.7 Å². The molecule has 2 amide bonds. The number of carbonyl (C=O) groups is 2. The average Bonchev–Trinajstić information content (AvgIpc) is 2.73. The number of aryl methyl sites for hydroxylation is 1. The number of anilines is 1. The molecule has 0 radical (unpaired) electrons. The highest BCUT2D eigenvalue weighted by Crippen LogP contribution is 2.29. The molecule has 1 aromatic carbocycles. The van der Waals surface area contributed by atoms with E-state index in [0.29, 0.717) is 42.3 Å². The number of rotatable bonds is 7. The van der Waals surface area contributed by atoms with Gasteiger partial charge in [0, 0.05) is 19.7 Å². The van der Waals surface area contributed by atoms with Crippen molar-refractivity contribution >= 4 is 29.6 Å². The smallest absolute Gasteiger partial charge is 0.234 e. The minimum atomic E-state index is 0.0144. The summed E-state index contributed by atoms with van der Waals surface area (Å²) in [6.45, 7) is 7.12. The van der Waals surface area contributed by atoms with Crippen LogP contribution in [-0.4, -0.2) is 43.7 Å². The van der Waals surface area contributed by atoms with Crippen LogP contribution in [0.1, 0.15) is 32.3 Å². The first-order valence-corrected chi connectivity index (χ1v) is 10.5. The second-order valence-corrected chi connectivity index (χ2v) is 7.53. The Kier molecular flexibility index (Phi) is 12.9. The maximum absolute atomic E-state index is 10.5. The molecule has 0 spiro atoms. The molecular weight excluding hydrogens is 418 g/mol. The highest BCUT2D eigenvalue weighted by Gasteiger charge is 2.25. The Morgan fingerprint density at radius 1 is 1.26 bits per heavy atom. The standard InChI is InChI=1S/C9H17NO2.C7H7ClN2O2.C7H8/c1-7-5-9(6-7)12-4-3-10-8(2)11;1-12-7-6(8)5(10-4-11)2-3-9-7;1-7-5-3-2-4-6-7/h7,9H,3-6H2,1-2H3,(H,10,11);2-4H,1H3,(H,9,10,11);2-6H,1H3. The van der Waals surface area contributed by atoms with Gasteiger partial charge in [0.05, 0.1) is 25.5 Å². The summed E-state index contributed by atoms with van der Waals surface area (Å²) < 4.78 is 10.3. The number of methoxy groups -OCH3 is 1.